The van der Waals surface area contributed by atoms with Gasteiger partial charge in [-0.1, -0.05) is 104 Å². The summed E-state index contributed by atoms with van der Waals surface area (Å²) < 4.78 is 0. The van der Waals surface area contributed by atoms with Crippen LogP contribution in [0.2, 0.25) is 0 Å². The number of rotatable bonds is 21. The van der Waals surface area contributed by atoms with Crippen molar-refractivity contribution in [2.75, 3.05) is 0 Å². The van der Waals surface area contributed by atoms with Crippen molar-refractivity contribution in [3.8, 4) is 29.3 Å². The molecule has 0 fully saturated rings. The van der Waals surface area contributed by atoms with Crippen molar-refractivity contribution in [2.24, 2.45) is 0 Å². The van der Waals surface area contributed by atoms with Gasteiger partial charge in [0.1, 0.15) is 0 Å². The summed E-state index contributed by atoms with van der Waals surface area (Å²) >= 11 is 7.99. The summed E-state index contributed by atoms with van der Waals surface area (Å²) in [5, 5.41) is 0. The summed E-state index contributed by atoms with van der Waals surface area (Å²) in [5.41, 5.74) is 3.15. The maximum absolute atomic E-state index is 2.52. The molecule has 4 rings (SSSR count). The number of thiophene rings is 4. The first-order valence-electron chi connectivity index (χ1n) is 17.0. The molecule has 0 aliphatic heterocycles. The van der Waals surface area contributed by atoms with Gasteiger partial charge in [-0.3, -0.25) is 0 Å². The minimum atomic E-state index is 1.21. The van der Waals surface area contributed by atoms with E-state index in [2.05, 4.69) is 64.1 Å². The van der Waals surface area contributed by atoms with Crippen LogP contribution in [0.3, 0.4) is 0 Å². The van der Waals surface area contributed by atoms with E-state index in [0.717, 1.165) is 0 Å². The van der Waals surface area contributed by atoms with E-state index in [4.69, 9.17) is 0 Å². The molecule has 0 unspecified atom stereocenters. The monoisotopic (exact) mass is 638 g/mol. The summed E-state index contributed by atoms with van der Waals surface area (Å²) in [6.45, 7) is 9.12. The molecule has 0 amide bonds. The lowest BCUT2D eigenvalue weighted by atomic mass is 10.0. The number of hydrogen-bond donors (Lipinski definition) is 0. The second-order valence-electron chi connectivity index (χ2n) is 12.2. The Kier molecular flexibility index (Phi) is 14.9. The fourth-order valence-electron chi connectivity index (χ4n) is 5.95. The lowest BCUT2D eigenvalue weighted by molar-refractivity contribution is 0.576. The largest absolute Gasteiger partial charge is 0.140 e. The second-order valence-corrected chi connectivity index (χ2v) is 16.9. The van der Waals surface area contributed by atoms with Crippen molar-refractivity contribution in [2.45, 2.75) is 143 Å². The quantitative estimate of drug-likeness (QED) is 0.0797. The molecule has 4 aromatic heterocycles. The number of aryl methyl sites for hydroxylation is 4. The lowest BCUT2D eigenvalue weighted by Gasteiger charge is -2.04. The van der Waals surface area contributed by atoms with Gasteiger partial charge in [0.2, 0.25) is 0 Å². The fraction of sp³-hybridized carbons (Fsp3) is 0.579. The van der Waals surface area contributed by atoms with Crippen LogP contribution in [0.15, 0.2) is 36.4 Å². The molecule has 0 aliphatic rings. The second kappa shape index (κ2) is 18.6. The van der Waals surface area contributed by atoms with Gasteiger partial charge in [-0.25, -0.2) is 0 Å². The molecule has 0 aromatic carbocycles. The lowest BCUT2D eigenvalue weighted by Crippen LogP contribution is -1.86. The van der Waals surface area contributed by atoms with E-state index >= 15 is 0 Å². The highest BCUT2D eigenvalue weighted by atomic mass is 32.1. The van der Waals surface area contributed by atoms with Crippen molar-refractivity contribution in [1.82, 2.24) is 0 Å². The van der Waals surface area contributed by atoms with Gasteiger partial charge in [0.15, 0.2) is 0 Å². The average molecular weight is 639 g/mol. The Morgan fingerprint density at radius 2 is 0.881 bits per heavy atom. The van der Waals surface area contributed by atoms with Crippen LogP contribution in [0, 0.1) is 13.8 Å². The van der Waals surface area contributed by atoms with E-state index in [-0.39, 0.29) is 0 Å². The first kappa shape index (κ1) is 33.7. The molecule has 0 spiro atoms. The van der Waals surface area contributed by atoms with Crippen LogP contribution in [-0.2, 0) is 12.8 Å². The molecular weight excluding hydrogens is 585 g/mol. The van der Waals surface area contributed by atoms with Crippen molar-refractivity contribution in [3.63, 3.8) is 0 Å². The van der Waals surface area contributed by atoms with Crippen LogP contribution < -0.4 is 0 Å². The molecule has 0 saturated carbocycles. The van der Waals surface area contributed by atoms with Crippen molar-refractivity contribution in [1.29, 1.82) is 0 Å². The first-order chi connectivity index (χ1) is 20.6. The van der Waals surface area contributed by atoms with Gasteiger partial charge < -0.3 is 0 Å². The van der Waals surface area contributed by atoms with Crippen LogP contribution in [-0.4, -0.2) is 0 Å². The number of hydrogen-bond acceptors (Lipinski definition) is 4. The zero-order valence-corrected chi connectivity index (χ0v) is 30.1. The Bertz CT molecular complexity index is 1300. The van der Waals surface area contributed by atoms with Crippen LogP contribution in [0.5, 0.6) is 0 Å². The van der Waals surface area contributed by atoms with Crippen molar-refractivity contribution in [3.05, 3.63) is 57.3 Å². The maximum atomic E-state index is 2.52. The van der Waals surface area contributed by atoms with Gasteiger partial charge in [0.25, 0.3) is 0 Å². The smallest absolute Gasteiger partial charge is 0.0481 e. The molecule has 230 valence electrons. The molecule has 4 aromatic rings. The highest BCUT2D eigenvalue weighted by Gasteiger charge is 2.18. The Balaban J connectivity index is 1.41. The van der Waals surface area contributed by atoms with E-state index in [1.807, 2.05) is 45.3 Å². The predicted molar refractivity (Wildman–Crippen MR) is 196 cm³/mol. The topological polar surface area (TPSA) is 0 Å². The number of unbranched alkanes of at least 4 members (excludes halogenated alkanes) is 14. The van der Waals surface area contributed by atoms with E-state index in [1.54, 1.807) is 11.1 Å². The third kappa shape index (κ3) is 10.5. The van der Waals surface area contributed by atoms with E-state index in [0.29, 0.717) is 0 Å². The Hall–Kier alpha value is -1.20. The minimum absolute atomic E-state index is 1.21. The summed E-state index contributed by atoms with van der Waals surface area (Å²) in [5.74, 6) is 0. The summed E-state index contributed by atoms with van der Waals surface area (Å²) in [6, 6.07) is 14.4. The molecule has 0 N–H and O–H groups in total. The third-order valence-corrected chi connectivity index (χ3v) is 13.3. The van der Waals surface area contributed by atoms with Gasteiger partial charge in [-0.2, -0.15) is 0 Å². The molecular formula is C38H54S4. The zero-order chi connectivity index (χ0) is 29.6. The van der Waals surface area contributed by atoms with Crippen molar-refractivity contribution < 1.29 is 0 Å². The normalized spacial score (nSPS) is 11.6. The zero-order valence-electron chi connectivity index (χ0n) is 26.8. The molecule has 0 atom stereocenters. The third-order valence-electron chi connectivity index (χ3n) is 8.38. The van der Waals surface area contributed by atoms with E-state index in [1.165, 1.54) is 155 Å². The predicted octanol–water partition coefficient (Wildman–Crippen LogP) is 14.9. The maximum Gasteiger partial charge on any atom is 0.0481 e. The summed E-state index contributed by atoms with van der Waals surface area (Å²) in [4.78, 5) is 11.7. The highest BCUT2D eigenvalue weighted by Crippen LogP contribution is 2.46. The van der Waals surface area contributed by atoms with Gasteiger partial charge in [-0.15, -0.1) is 45.3 Å². The Morgan fingerprint density at radius 3 is 1.40 bits per heavy atom. The van der Waals surface area contributed by atoms with Crippen LogP contribution in [0.1, 0.15) is 137 Å². The SMILES string of the molecule is CCCCCCCCCCc1cc(C)sc1-c1ccc(-c2sc(-c3ccc(C)s3)cc2CCCCCCCCCC)s1. The molecule has 4 heteroatoms. The van der Waals surface area contributed by atoms with Crippen LogP contribution in [0.25, 0.3) is 29.3 Å². The Morgan fingerprint density at radius 1 is 0.405 bits per heavy atom. The molecule has 0 aliphatic carbocycles. The summed E-state index contributed by atoms with van der Waals surface area (Å²) in [7, 11) is 0. The van der Waals surface area contributed by atoms with Gasteiger partial charge in [0, 0.05) is 39.0 Å². The molecule has 4 heterocycles. The molecule has 0 radical (unpaired) electrons. The minimum Gasteiger partial charge on any atom is -0.140 e. The molecule has 0 saturated heterocycles. The van der Waals surface area contributed by atoms with E-state index in [9.17, 15) is 0 Å². The van der Waals surface area contributed by atoms with Gasteiger partial charge in [-0.05, 0) is 87.1 Å². The summed E-state index contributed by atoms with van der Waals surface area (Å²) in [6.07, 6.45) is 24.6. The van der Waals surface area contributed by atoms with Crippen LogP contribution >= 0.6 is 45.3 Å². The fourth-order valence-corrected chi connectivity index (χ4v) is 10.5. The van der Waals surface area contributed by atoms with Gasteiger partial charge in [0.05, 0.1) is 0 Å². The molecule has 0 nitrogen and oxygen atoms in total. The Labute approximate surface area is 273 Å². The van der Waals surface area contributed by atoms with Crippen molar-refractivity contribution >= 4 is 45.3 Å². The highest BCUT2D eigenvalue weighted by molar-refractivity contribution is 7.28. The van der Waals surface area contributed by atoms with Gasteiger partial charge >= 0.3 is 0 Å². The van der Waals surface area contributed by atoms with E-state index < -0.39 is 0 Å². The molecule has 42 heavy (non-hydrogen) atoms. The molecule has 0 bridgehead atoms. The average Bonchev–Trinajstić information content (AvgIpc) is 3.78. The van der Waals surface area contributed by atoms with Crippen LogP contribution in [0.4, 0.5) is 0 Å². The standard InChI is InChI=1S/C38H54S4/c1-5-7-9-11-13-15-17-19-21-31-27-30(4)40-37(31)34-25-26-35(41-34)38-32(22-20-18-16-14-12-10-8-6-2)28-36(42-38)33-24-23-29(3)39-33/h23-28H,5-22H2,1-4H3. The first-order valence-corrected chi connectivity index (χ1v) is 20.2.